The van der Waals surface area contributed by atoms with Gasteiger partial charge in [-0.1, -0.05) is 60.7 Å². The number of aromatic hydroxyl groups is 1. The van der Waals surface area contributed by atoms with Crippen molar-refractivity contribution in [2.75, 3.05) is 0 Å². The second-order valence-corrected chi connectivity index (χ2v) is 3.65. The fraction of sp³-hybridized carbons (Fsp3) is 0.0667. The smallest absolute Gasteiger partial charge is 0.119 e. The SMILES string of the molecule is Oc1ccccc1CC=Cc1ccccc1. The molecule has 0 aromatic heterocycles. The zero-order valence-corrected chi connectivity index (χ0v) is 9.01. The number of rotatable bonds is 3. The Morgan fingerprint density at radius 1 is 0.875 bits per heavy atom. The minimum atomic E-state index is 0.361. The third-order valence-electron chi connectivity index (χ3n) is 2.44. The summed E-state index contributed by atoms with van der Waals surface area (Å²) in [5.74, 6) is 0.361. The summed E-state index contributed by atoms with van der Waals surface area (Å²) in [7, 11) is 0. The molecule has 80 valence electrons. The number of para-hydroxylation sites is 1. The minimum Gasteiger partial charge on any atom is -0.508 e. The summed E-state index contributed by atoms with van der Waals surface area (Å²) >= 11 is 0. The normalized spacial score (nSPS) is 10.8. The van der Waals surface area contributed by atoms with Crippen LogP contribution < -0.4 is 0 Å². The predicted octanol–water partition coefficient (Wildman–Crippen LogP) is 3.65. The molecule has 2 rings (SSSR count). The molecule has 0 heterocycles. The summed E-state index contributed by atoms with van der Waals surface area (Å²) in [6.45, 7) is 0. The van der Waals surface area contributed by atoms with E-state index in [0.717, 1.165) is 12.0 Å². The average molecular weight is 210 g/mol. The Bertz CT molecular complexity index is 472. The van der Waals surface area contributed by atoms with Crippen LogP contribution >= 0.6 is 0 Å². The van der Waals surface area contributed by atoms with E-state index in [1.165, 1.54) is 5.56 Å². The van der Waals surface area contributed by atoms with Crippen molar-refractivity contribution in [3.05, 3.63) is 71.8 Å². The summed E-state index contributed by atoms with van der Waals surface area (Å²) in [5, 5.41) is 9.57. The highest BCUT2D eigenvalue weighted by atomic mass is 16.3. The molecule has 1 N–H and O–H groups in total. The molecule has 16 heavy (non-hydrogen) atoms. The zero-order valence-electron chi connectivity index (χ0n) is 9.01. The lowest BCUT2D eigenvalue weighted by Gasteiger charge is -1.99. The number of hydrogen-bond acceptors (Lipinski definition) is 1. The molecule has 0 atom stereocenters. The van der Waals surface area contributed by atoms with Gasteiger partial charge in [0.15, 0.2) is 0 Å². The van der Waals surface area contributed by atoms with Gasteiger partial charge in [-0.25, -0.2) is 0 Å². The van der Waals surface area contributed by atoms with Crippen LogP contribution in [0.3, 0.4) is 0 Å². The lowest BCUT2D eigenvalue weighted by Crippen LogP contribution is -1.81. The summed E-state index contributed by atoms with van der Waals surface area (Å²) in [6.07, 6.45) is 4.87. The molecule has 0 amide bonds. The van der Waals surface area contributed by atoms with E-state index in [-0.39, 0.29) is 0 Å². The highest BCUT2D eigenvalue weighted by Gasteiger charge is 1.95. The monoisotopic (exact) mass is 210 g/mol. The molecule has 0 fully saturated rings. The number of phenols is 1. The van der Waals surface area contributed by atoms with Gasteiger partial charge in [0.25, 0.3) is 0 Å². The second kappa shape index (κ2) is 5.17. The second-order valence-electron chi connectivity index (χ2n) is 3.65. The fourth-order valence-corrected chi connectivity index (χ4v) is 1.57. The van der Waals surface area contributed by atoms with E-state index in [4.69, 9.17) is 0 Å². The summed E-state index contributed by atoms with van der Waals surface area (Å²) < 4.78 is 0. The largest absolute Gasteiger partial charge is 0.508 e. The Morgan fingerprint density at radius 2 is 1.56 bits per heavy atom. The third kappa shape index (κ3) is 2.74. The van der Waals surface area contributed by atoms with E-state index < -0.39 is 0 Å². The maximum absolute atomic E-state index is 9.57. The lowest BCUT2D eigenvalue weighted by molar-refractivity contribution is 0.470. The van der Waals surface area contributed by atoms with E-state index in [0.29, 0.717) is 5.75 Å². The summed E-state index contributed by atoms with van der Waals surface area (Å²) in [6, 6.07) is 17.6. The van der Waals surface area contributed by atoms with Crippen molar-refractivity contribution >= 4 is 6.08 Å². The van der Waals surface area contributed by atoms with E-state index >= 15 is 0 Å². The number of hydrogen-bond donors (Lipinski definition) is 1. The molecule has 0 aliphatic heterocycles. The van der Waals surface area contributed by atoms with Crippen molar-refractivity contribution in [2.45, 2.75) is 6.42 Å². The maximum Gasteiger partial charge on any atom is 0.119 e. The predicted molar refractivity (Wildman–Crippen MR) is 67.3 cm³/mol. The molecule has 1 nitrogen and oxygen atoms in total. The first-order valence-corrected chi connectivity index (χ1v) is 5.35. The third-order valence-corrected chi connectivity index (χ3v) is 2.44. The Labute approximate surface area is 95.7 Å². The number of benzene rings is 2. The molecule has 0 saturated carbocycles. The molecule has 0 spiro atoms. The zero-order chi connectivity index (χ0) is 11.2. The van der Waals surface area contributed by atoms with Gasteiger partial charge in [0.05, 0.1) is 0 Å². The van der Waals surface area contributed by atoms with Crippen molar-refractivity contribution in [1.82, 2.24) is 0 Å². The van der Waals surface area contributed by atoms with Crippen LogP contribution in [0.25, 0.3) is 6.08 Å². The molecular weight excluding hydrogens is 196 g/mol. The van der Waals surface area contributed by atoms with Crippen LogP contribution in [-0.2, 0) is 6.42 Å². The van der Waals surface area contributed by atoms with Gasteiger partial charge in [-0.15, -0.1) is 0 Å². The van der Waals surface area contributed by atoms with Gasteiger partial charge in [0, 0.05) is 0 Å². The Kier molecular flexibility index (Phi) is 3.39. The number of phenolic OH excluding ortho intramolecular Hbond substituents is 1. The van der Waals surface area contributed by atoms with Gasteiger partial charge < -0.3 is 5.11 Å². The maximum atomic E-state index is 9.57. The van der Waals surface area contributed by atoms with Gasteiger partial charge >= 0.3 is 0 Å². The fourth-order valence-electron chi connectivity index (χ4n) is 1.57. The van der Waals surface area contributed by atoms with E-state index in [1.54, 1.807) is 6.07 Å². The number of allylic oxidation sites excluding steroid dienone is 1. The Balaban J connectivity index is 2.03. The standard InChI is InChI=1S/C15H14O/c16-15-12-5-4-10-14(15)11-6-9-13-7-2-1-3-8-13/h1-10,12,16H,11H2. The van der Waals surface area contributed by atoms with E-state index in [1.807, 2.05) is 36.4 Å². The van der Waals surface area contributed by atoms with Gasteiger partial charge in [-0.3, -0.25) is 0 Å². The highest BCUT2D eigenvalue weighted by Crippen LogP contribution is 2.16. The topological polar surface area (TPSA) is 20.2 Å². The quantitative estimate of drug-likeness (QED) is 0.819. The van der Waals surface area contributed by atoms with Crippen LogP contribution in [0.2, 0.25) is 0 Å². The van der Waals surface area contributed by atoms with Crippen molar-refractivity contribution in [3.8, 4) is 5.75 Å². The van der Waals surface area contributed by atoms with Crippen molar-refractivity contribution in [2.24, 2.45) is 0 Å². The molecule has 2 aromatic carbocycles. The van der Waals surface area contributed by atoms with E-state index in [9.17, 15) is 5.11 Å². The Morgan fingerprint density at radius 3 is 2.31 bits per heavy atom. The van der Waals surface area contributed by atoms with Gasteiger partial charge in [0.2, 0.25) is 0 Å². The molecule has 2 aromatic rings. The van der Waals surface area contributed by atoms with Crippen LogP contribution in [0.1, 0.15) is 11.1 Å². The first kappa shape index (κ1) is 10.5. The first-order chi connectivity index (χ1) is 7.86. The summed E-state index contributed by atoms with van der Waals surface area (Å²) in [4.78, 5) is 0. The molecule has 0 aliphatic carbocycles. The lowest BCUT2D eigenvalue weighted by atomic mass is 10.1. The van der Waals surface area contributed by atoms with Crippen LogP contribution in [0.4, 0.5) is 0 Å². The van der Waals surface area contributed by atoms with Gasteiger partial charge in [-0.05, 0) is 23.6 Å². The van der Waals surface area contributed by atoms with Crippen LogP contribution in [-0.4, -0.2) is 5.11 Å². The van der Waals surface area contributed by atoms with Gasteiger partial charge in [0.1, 0.15) is 5.75 Å². The van der Waals surface area contributed by atoms with Gasteiger partial charge in [-0.2, -0.15) is 0 Å². The molecule has 1 heteroatoms. The molecule has 0 bridgehead atoms. The Hall–Kier alpha value is -2.02. The summed E-state index contributed by atoms with van der Waals surface area (Å²) in [5.41, 5.74) is 2.13. The molecule has 0 radical (unpaired) electrons. The highest BCUT2D eigenvalue weighted by molar-refractivity contribution is 5.49. The van der Waals surface area contributed by atoms with Crippen LogP contribution in [0.15, 0.2) is 60.7 Å². The van der Waals surface area contributed by atoms with E-state index in [2.05, 4.69) is 24.3 Å². The molecule has 0 unspecified atom stereocenters. The average Bonchev–Trinajstić information content (AvgIpc) is 2.33. The molecule has 0 saturated heterocycles. The minimum absolute atomic E-state index is 0.361. The molecular formula is C15H14O. The van der Waals surface area contributed by atoms with Crippen molar-refractivity contribution < 1.29 is 5.11 Å². The first-order valence-electron chi connectivity index (χ1n) is 5.35. The van der Waals surface area contributed by atoms with Crippen molar-refractivity contribution in [3.63, 3.8) is 0 Å². The molecule has 0 aliphatic rings. The van der Waals surface area contributed by atoms with Crippen molar-refractivity contribution in [1.29, 1.82) is 0 Å². The van der Waals surface area contributed by atoms with Crippen LogP contribution in [0, 0.1) is 0 Å². The van der Waals surface area contributed by atoms with Crippen LogP contribution in [0.5, 0.6) is 5.75 Å².